The van der Waals surface area contributed by atoms with E-state index < -0.39 is 0 Å². The van der Waals surface area contributed by atoms with Crippen LogP contribution in [0.3, 0.4) is 0 Å². The Bertz CT molecular complexity index is 388. The number of aryl methyl sites for hydroxylation is 1. The number of anilines is 1. The van der Waals surface area contributed by atoms with E-state index in [2.05, 4.69) is 30.1 Å². The van der Waals surface area contributed by atoms with Crippen LogP contribution < -0.4 is 5.73 Å². The maximum atomic E-state index is 5.59. The molecule has 1 aromatic carbocycles. The topological polar surface area (TPSA) is 41.8 Å². The summed E-state index contributed by atoms with van der Waals surface area (Å²) >= 11 is 0. The Morgan fingerprint density at radius 3 is 2.54 bits per heavy atom. The number of hydrogen-bond acceptors (Lipinski definition) is 1. The lowest BCUT2D eigenvalue weighted by Gasteiger charge is -1.90. The average Bonchev–Trinajstić information content (AvgIpc) is 2.48. The summed E-state index contributed by atoms with van der Waals surface area (Å²) in [5.74, 6) is 0.727. The molecule has 70 valence electrons. The summed E-state index contributed by atoms with van der Waals surface area (Å²) in [6.45, 7) is 6.07. The molecule has 2 rings (SSSR count). The summed E-state index contributed by atoms with van der Waals surface area (Å²) in [6.07, 6.45) is 0. The van der Waals surface area contributed by atoms with Gasteiger partial charge in [0.15, 0.2) is 0 Å². The zero-order chi connectivity index (χ0) is 9.84. The summed E-state index contributed by atoms with van der Waals surface area (Å²) in [5.41, 5.74) is 7.95. The van der Waals surface area contributed by atoms with Crippen LogP contribution in [0, 0.1) is 6.92 Å². The van der Waals surface area contributed by atoms with Crippen LogP contribution in [-0.4, -0.2) is 4.98 Å². The summed E-state index contributed by atoms with van der Waals surface area (Å²) in [5, 5.41) is 1.17. The fraction of sp³-hybridized carbons (Fsp3) is 0.273. The summed E-state index contributed by atoms with van der Waals surface area (Å²) < 4.78 is 0. The van der Waals surface area contributed by atoms with Crippen molar-refractivity contribution in [3.8, 4) is 0 Å². The summed E-state index contributed by atoms with van der Waals surface area (Å²) in [7, 11) is 0. The number of benzene rings is 1. The van der Waals surface area contributed by atoms with Crippen molar-refractivity contribution < 1.29 is 0 Å². The first-order valence-corrected chi connectivity index (χ1v) is 4.60. The van der Waals surface area contributed by atoms with Crippen LogP contribution >= 0.6 is 0 Å². The van der Waals surface area contributed by atoms with Gasteiger partial charge in [-0.05, 0) is 24.6 Å². The molecule has 0 aliphatic rings. The highest BCUT2D eigenvalue weighted by Crippen LogP contribution is 2.17. The van der Waals surface area contributed by atoms with Crippen molar-refractivity contribution in [1.82, 2.24) is 4.98 Å². The molecular weight excluding hydrogens is 160 g/mol. The molecule has 0 amide bonds. The fourth-order valence-electron chi connectivity index (χ4n) is 1.26. The number of aromatic amines is 1. The molecule has 2 heteroatoms. The van der Waals surface area contributed by atoms with Crippen molar-refractivity contribution in [3.63, 3.8) is 0 Å². The van der Waals surface area contributed by atoms with Crippen LogP contribution in [0.4, 0.5) is 5.82 Å². The van der Waals surface area contributed by atoms with Gasteiger partial charge in [-0.3, -0.25) is 0 Å². The SMILES string of the molecule is CC.Cc1ccc2cc(N)[nH]c2c1. The molecule has 2 nitrogen and oxygen atoms in total. The van der Waals surface area contributed by atoms with E-state index in [0.717, 1.165) is 11.3 Å². The molecule has 0 atom stereocenters. The zero-order valence-corrected chi connectivity index (χ0v) is 8.39. The number of rotatable bonds is 0. The van der Waals surface area contributed by atoms with Gasteiger partial charge in [0.1, 0.15) is 5.82 Å². The third-order valence-corrected chi connectivity index (χ3v) is 1.80. The summed E-state index contributed by atoms with van der Waals surface area (Å²) in [6, 6.07) is 8.17. The highest BCUT2D eigenvalue weighted by molar-refractivity contribution is 5.83. The molecule has 2 aromatic rings. The Hall–Kier alpha value is -1.44. The zero-order valence-electron chi connectivity index (χ0n) is 8.39. The molecule has 3 N–H and O–H groups in total. The molecular formula is C11H16N2. The second-order valence-corrected chi connectivity index (χ2v) is 2.82. The normalized spacial score (nSPS) is 9.46. The van der Waals surface area contributed by atoms with Crippen molar-refractivity contribution in [2.45, 2.75) is 20.8 Å². The Morgan fingerprint density at radius 1 is 1.15 bits per heavy atom. The fourth-order valence-corrected chi connectivity index (χ4v) is 1.26. The standard InChI is InChI=1S/C9H10N2.C2H6/c1-6-2-3-7-5-9(10)11-8(7)4-6;1-2/h2-5,11H,10H2,1H3;1-2H3. The van der Waals surface area contributed by atoms with Crippen LogP contribution in [0.15, 0.2) is 24.3 Å². The van der Waals surface area contributed by atoms with E-state index in [1.165, 1.54) is 10.9 Å². The maximum absolute atomic E-state index is 5.59. The molecule has 0 bridgehead atoms. The van der Waals surface area contributed by atoms with Crippen LogP contribution in [0.2, 0.25) is 0 Å². The predicted molar refractivity (Wildman–Crippen MR) is 58.8 cm³/mol. The third kappa shape index (κ3) is 2.02. The van der Waals surface area contributed by atoms with E-state index in [0.29, 0.717) is 0 Å². The minimum atomic E-state index is 0.727. The predicted octanol–water partition coefficient (Wildman–Crippen LogP) is 3.08. The molecule has 0 unspecified atom stereocenters. The molecule has 0 fully saturated rings. The van der Waals surface area contributed by atoms with E-state index in [-0.39, 0.29) is 0 Å². The van der Waals surface area contributed by atoms with E-state index in [9.17, 15) is 0 Å². The molecule has 0 spiro atoms. The van der Waals surface area contributed by atoms with Gasteiger partial charge in [-0.1, -0.05) is 26.0 Å². The first-order chi connectivity index (χ1) is 6.25. The third-order valence-electron chi connectivity index (χ3n) is 1.80. The monoisotopic (exact) mass is 176 g/mol. The maximum Gasteiger partial charge on any atom is 0.101 e. The van der Waals surface area contributed by atoms with Gasteiger partial charge >= 0.3 is 0 Å². The van der Waals surface area contributed by atoms with Gasteiger partial charge in [-0.25, -0.2) is 0 Å². The Balaban J connectivity index is 0.000000396. The number of fused-ring (bicyclic) bond motifs is 1. The highest BCUT2D eigenvalue weighted by Gasteiger charge is 1.95. The first kappa shape index (κ1) is 9.65. The van der Waals surface area contributed by atoms with Gasteiger partial charge in [0.2, 0.25) is 0 Å². The Labute approximate surface area is 78.8 Å². The molecule has 0 aliphatic heterocycles. The molecule has 13 heavy (non-hydrogen) atoms. The number of aromatic nitrogens is 1. The molecule has 0 saturated heterocycles. The van der Waals surface area contributed by atoms with Crippen molar-refractivity contribution in [3.05, 3.63) is 29.8 Å². The summed E-state index contributed by atoms with van der Waals surface area (Å²) in [4.78, 5) is 3.08. The average molecular weight is 176 g/mol. The van der Waals surface area contributed by atoms with Gasteiger partial charge in [0.25, 0.3) is 0 Å². The van der Waals surface area contributed by atoms with Gasteiger partial charge in [-0.15, -0.1) is 0 Å². The number of hydrogen-bond donors (Lipinski definition) is 2. The van der Waals surface area contributed by atoms with E-state index >= 15 is 0 Å². The van der Waals surface area contributed by atoms with Crippen LogP contribution in [0.1, 0.15) is 19.4 Å². The first-order valence-electron chi connectivity index (χ1n) is 4.60. The number of nitrogen functional groups attached to an aromatic ring is 1. The van der Waals surface area contributed by atoms with Gasteiger partial charge in [-0.2, -0.15) is 0 Å². The lowest BCUT2D eigenvalue weighted by atomic mass is 10.2. The van der Waals surface area contributed by atoms with Crippen LogP contribution in [-0.2, 0) is 0 Å². The van der Waals surface area contributed by atoms with E-state index in [1.807, 2.05) is 19.9 Å². The Kier molecular flexibility index (Phi) is 2.96. The molecule has 0 saturated carbocycles. The van der Waals surface area contributed by atoms with Gasteiger partial charge in [0, 0.05) is 10.9 Å². The van der Waals surface area contributed by atoms with Crippen molar-refractivity contribution >= 4 is 16.7 Å². The largest absolute Gasteiger partial charge is 0.385 e. The molecule has 0 aliphatic carbocycles. The lowest BCUT2D eigenvalue weighted by molar-refractivity contribution is 1.44. The van der Waals surface area contributed by atoms with Gasteiger partial charge < -0.3 is 10.7 Å². The van der Waals surface area contributed by atoms with Crippen molar-refractivity contribution in [2.75, 3.05) is 5.73 Å². The quantitative estimate of drug-likeness (QED) is 0.636. The van der Waals surface area contributed by atoms with Crippen LogP contribution in [0.25, 0.3) is 10.9 Å². The smallest absolute Gasteiger partial charge is 0.101 e. The van der Waals surface area contributed by atoms with Crippen LogP contribution in [0.5, 0.6) is 0 Å². The minimum absolute atomic E-state index is 0.727. The lowest BCUT2D eigenvalue weighted by Crippen LogP contribution is -1.80. The van der Waals surface area contributed by atoms with Crippen molar-refractivity contribution in [1.29, 1.82) is 0 Å². The van der Waals surface area contributed by atoms with Crippen molar-refractivity contribution in [2.24, 2.45) is 0 Å². The van der Waals surface area contributed by atoms with E-state index in [1.54, 1.807) is 0 Å². The second kappa shape index (κ2) is 3.99. The number of nitrogens with two attached hydrogens (primary N) is 1. The van der Waals surface area contributed by atoms with Gasteiger partial charge in [0.05, 0.1) is 0 Å². The number of H-pyrrole nitrogens is 1. The second-order valence-electron chi connectivity index (χ2n) is 2.82. The Morgan fingerprint density at radius 2 is 1.85 bits per heavy atom. The molecule has 1 aromatic heterocycles. The minimum Gasteiger partial charge on any atom is -0.385 e. The number of nitrogens with one attached hydrogen (secondary N) is 1. The molecule has 0 radical (unpaired) electrons. The molecule has 1 heterocycles. The van der Waals surface area contributed by atoms with E-state index in [4.69, 9.17) is 5.73 Å². The highest BCUT2D eigenvalue weighted by atomic mass is 14.8.